The van der Waals surface area contributed by atoms with Crippen molar-refractivity contribution in [2.75, 3.05) is 26.9 Å². The Bertz CT molecular complexity index is 913. The molecule has 0 unspecified atom stereocenters. The highest BCUT2D eigenvalue weighted by Crippen LogP contribution is 2.31. The molecule has 0 radical (unpaired) electrons. The second-order valence-corrected chi connectivity index (χ2v) is 6.38. The number of amides is 1. The van der Waals surface area contributed by atoms with Crippen LogP contribution in [0.3, 0.4) is 0 Å². The van der Waals surface area contributed by atoms with E-state index in [0.29, 0.717) is 30.8 Å². The minimum Gasteiger partial charge on any atom is -0.486 e. The van der Waals surface area contributed by atoms with Crippen LogP contribution in [-0.4, -0.2) is 43.6 Å². The molecule has 2 aromatic rings. The van der Waals surface area contributed by atoms with E-state index in [0.717, 1.165) is 17.7 Å². The lowest BCUT2D eigenvalue weighted by Gasteiger charge is -2.21. The van der Waals surface area contributed by atoms with Crippen LogP contribution in [0.5, 0.6) is 11.5 Å². The maximum Gasteiger partial charge on any atom is 0.416 e. The molecule has 0 aliphatic carbocycles. The molecule has 9 heteroatoms. The van der Waals surface area contributed by atoms with E-state index in [9.17, 15) is 22.8 Å². The number of esters is 1. The van der Waals surface area contributed by atoms with Crippen molar-refractivity contribution in [1.82, 2.24) is 4.90 Å². The standard InChI is InChI=1S/C20H18F3NO5/c1-24(11-13-5-6-16-17(9-13)28-8-7-27-16)18(25)12-29-19(26)14-3-2-4-15(10-14)20(21,22)23/h2-6,9-10H,7-8,11-12H2,1H3. The van der Waals surface area contributed by atoms with Crippen molar-refractivity contribution in [3.8, 4) is 11.5 Å². The molecule has 29 heavy (non-hydrogen) atoms. The summed E-state index contributed by atoms with van der Waals surface area (Å²) in [7, 11) is 1.53. The quantitative estimate of drug-likeness (QED) is 0.709. The third-order valence-corrected chi connectivity index (χ3v) is 4.20. The van der Waals surface area contributed by atoms with Crippen molar-refractivity contribution in [1.29, 1.82) is 0 Å². The lowest BCUT2D eigenvalue weighted by atomic mass is 10.1. The van der Waals surface area contributed by atoms with E-state index in [4.69, 9.17) is 14.2 Å². The van der Waals surface area contributed by atoms with Gasteiger partial charge in [-0.25, -0.2) is 4.79 Å². The Kier molecular flexibility index (Phi) is 5.95. The molecule has 2 aromatic carbocycles. The first-order valence-electron chi connectivity index (χ1n) is 8.71. The van der Waals surface area contributed by atoms with Crippen LogP contribution in [-0.2, 0) is 22.3 Å². The second kappa shape index (κ2) is 8.42. The van der Waals surface area contributed by atoms with Crippen LogP contribution in [0.15, 0.2) is 42.5 Å². The fraction of sp³-hybridized carbons (Fsp3) is 0.300. The first kappa shape index (κ1) is 20.5. The summed E-state index contributed by atoms with van der Waals surface area (Å²) in [5, 5.41) is 0. The Morgan fingerprint density at radius 2 is 1.79 bits per heavy atom. The molecule has 3 rings (SSSR count). The number of carbonyl (C=O) groups excluding carboxylic acids is 2. The van der Waals surface area contributed by atoms with Gasteiger partial charge in [0.2, 0.25) is 0 Å². The van der Waals surface area contributed by atoms with Crippen molar-refractivity contribution in [2.45, 2.75) is 12.7 Å². The van der Waals surface area contributed by atoms with Gasteiger partial charge in [-0.05, 0) is 35.9 Å². The van der Waals surface area contributed by atoms with Crippen molar-refractivity contribution in [2.24, 2.45) is 0 Å². The Balaban J connectivity index is 1.55. The number of halogens is 3. The van der Waals surface area contributed by atoms with Crippen molar-refractivity contribution < 1.29 is 37.0 Å². The average molecular weight is 409 g/mol. The van der Waals surface area contributed by atoms with Gasteiger partial charge in [0, 0.05) is 13.6 Å². The highest BCUT2D eigenvalue weighted by Gasteiger charge is 2.31. The number of nitrogens with zero attached hydrogens (tertiary/aromatic N) is 1. The van der Waals surface area contributed by atoms with Crippen LogP contribution in [0, 0.1) is 0 Å². The molecule has 1 amide bonds. The summed E-state index contributed by atoms with van der Waals surface area (Å²) in [5.74, 6) is -0.285. The molecule has 0 spiro atoms. The third-order valence-electron chi connectivity index (χ3n) is 4.20. The van der Waals surface area contributed by atoms with Crippen LogP contribution in [0.25, 0.3) is 0 Å². The van der Waals surface area contributed by atoms with Gasteiger partial charge in [-0.15, -0.1) is 0 Å². The van der Waals surface area contributed by atoms with E-state index in [1.165, 1.54) is 18.0 Å². The minimum absolute atomic E-state index is 0.233. The van der Waals surface area contributed by atoms with E-state index < -0.39 is 30.2 Å². The molecule has 0 saturated heterocycles. The van der Waals surface area contributed by atoms with Gasteiger partial charge < -0.3 is 19.1 Å². The Labute approximate surface area is 164 Å². The Morgan fingerprint density at radius 3 is 2.52 bits per heavy atom. The van der Waals surface area contributed by atoms with E-state index >= 15 is 0 Å². The topological polar surface area (TPSA) is 65.1 Å². The summed E-state index contributed by atoms with van der Waals surface area (Å²) >= 11 is 0. The van der Waals surface area contributed by atoms with Crippen LogP contribution >= 0.6 is 0 Å². The lowest BCUT2D eigenvalue weighted by molar-refractivity contribution is -0.137. The second-order valence-electron chi connectivity index (χ2n) is 6.38. The highest BCUT2D eigenvalue weighted by molar-refractivity contribution is 5.91. The molecule has 1 aliphatic rings. The number of hydrogen-bond acceptors (Lipinski definition) is 5. The third kappa shape index (κ3) is 5.18. The summed E-state index contributed by atoms with van der Waals surface area (Å²) in [6.45, 7) is 0.561. The van der Waals surface area contributed by atoms with Crippen LogP contribution < -0.4 is 9.47 Å². The first-order chi connectivity index (χ1) is 13.7. The Hall–Kier alpha value is -3.23. The molecule has 0 N–H and O–H groups in total. The van der Waals surface area contributed by atoms with E-state index in [-0.39, 0.29) is 12.1 Å². The van der Waals surface area contributed by atoms with Gasteiger partial charge in [0.15, 0.2) is 18.1 Å². The molecule has 154 valence electrons. The number of benzene rings is 2. The van der Waals surface area contributed by atoms with Crippen LogP contribution in [0.1, 0.15) is 21.5 Å². The number of ether oxygens (including phenoxy) is 3. The summed E-state index contributed by atoms with van der Waals surface area (Å²) in [6.07, 6.45) is -4.57. The van der Waals surface area contributed by atoms with Gasteiger partial charge in [-0.2, -0.15) is 13.2 Å². The largest absolute Gasteiger partial charge is 0.486 e. The molecule has 0 atom stereocenters. The monoisotopic (exact) mass is 409 g/mol. The maximum absolute atomic E-state index is 12.7. The molecule has 6 nitrogen and oxygen atoms in total. The zero-order valence-electron chi connectivity index (χ0n) is 15.5. The molecule has 0 fully saturated rings. The summed E-state index contributed by atoms with van der Waals surface area (Å²) in [4.78, 5) is 25.5. The molecular weight excluding hydrogens is 391 g/mol. The number of alkyl halides is 3. The SMILES string of the molecule is CN(Cc1ccc2c(c1)OCCO2)C(=O)COC(=O)c1cccc(C(F)(F)F)c1. The molecule has 0 saturated carbocycles. The number of hydrogen-bond donors (Lipinski definition) is 0. The van der Waals surface area contributed by atoms with E-state index in [2.05, 4.69) is 0 Å². The van der Waals surface area contributed by atoms with Gasteiger partial charge in [0.05, 0.1) is 11.1 Å². The number of fused-ring (bicyclic) bond motifs is 1. The van der Waals surface area contributed by atoms with Gasteiger partial charge >= 0.3 is 12.1 Å². The predicted octanol–water partition coefficient (Wildman–Crippen LogP) is 3.29. The summed E-state index contributed by atoms with van der Waals surface area (Å²) < 4.78 is 54.0. The fourth-order valence-corrected chi connectivity index (χ4v) is 2.69. The smallest absolute Gasteiger partial charge is 0.416 e. The molecule has 1 heterocycles. The van der Waals surface area contributed by atoms with Gasteiger partial charge in [0.1, 0.15) is 13.2 Å². The maximum atomic E-state index is 12.7. The summed E-state index contributed by atoms with van der Waals surface area (Å²) in [6, 6.07) is 9.12. The zero-order chi connectivity index (χ0) is 21.0. The van der Waals surface area contributed by atoms with Crippen molar-refractivity contribution in [3.05, 3.63) is 59.2 Å². The van der Waals surface area contributed by atoms with Crippen molar-refractivity contribution in [3.63, 3.8) is 0 Å². The predicted molar refractivity (Wildman–Crippen MR) is 95.6 cm³/mol. The van der Waals surface area contributed by atoms with Gasteiger partial charge in [-0.1, -0.05) is 12.1 Å². The number of carbonyl (C=O) groups is 2. The zero-order valence-corrected chi connectivity index (χ0v) is 15.5. The molecule has 1 aliphatic heterocycles. The fourth-order valence-electron chi connectivity index (χ4n) is 2.69. The van der Waals surface area contributed by atoms with E-state index in [1.54, 1.807) is 18.2 Å². The molecule has 0 bridgehead atoms. The molecule has 0 aromatic heterocycles. The van der Waals surface area contributed by atoms with E-state index in [1.807, 2.05) is 0 Å². The number of rotatable bonds is 5. The lowest BCUT2D eigenvalue weighted by Crippen LogP contribution is -2.31. The molecular formula is C20H18F3NO5. The average Bonchev–Trinajstić information content (AvgIpc) is 2.71. The van der Waals surface area contributed by atoms with Gasteiger partial charge in [0.25, 0.3) is 5.91 Å². The highest BCUT2D eigenvalue weighted by atomic mass is 19.4. The normalized spacial score (nSPS) is 13.0. The first-order valence-corrected chi connectivity index (χ1v) is 8.71. The Morgan fingerprint density at radius 1 is 1.07 bits per heavy atom. The number of likely N-dealkylation sites (N-methyl/N-ethyl adjacent to an activating group) is 1. The van der Waals surface area contributed by atoms with Crippen molar-refractivity contribution >= 4 is 11.9 Å². The summed E-state index contributed by atoms with van der Waals surface area (Å²) in [5.41, 5.74) is -0.453. The van der Waals surface area contributed by atoms with Crippen LogP contribution in [0.2, 0.25) is 0 Å². The van der Waals surface area contributed by atoms with Crippen LogP contribution in [0.4, 0.5) is 13.2 Å². The minimum atomic E-state index is -4.57. The van der Waals surface area contributed by atoms with Gasteiger partial charge in [-0.3, -0.25) is 4.79 Å².